The fourth-order valence-electron chi connectivity index (χ4n) is 2.50. The van der Waals surface area contributed by atoms with Crippen molar-refractivity contribution in [2.24, 2.45) is 0 Å². The molecule has 0 saturated carbocycles. The van der Waals surface area contributed by atoms with Crippen LogP contribution in [0.1, 0.15) is 18.1 Å². The van der Waals surface area contributed by atoms with Gasteiger partial charge in [-0.2, -0.15) is 0 Å². The van der Waals surface area contributed by atoms with Crippen LogP contribution in [0.5, 0.6) is 0 Å². The van der Waals surface area contributed by atoms with Crippen LogP contribution in [0.4, 0.5) is 0 Å². The van der Waals surface area contributed by atoms with E-state index in [1.807, 2.05) is 36.4 Å². The third-order valence-electron chi connectivity index (χ3n) is 3.92. The molecular weight excluding hydrogens is 404 g/mol. The predicted octanol–water partition coefficient (Wildman–Crippen LogP) is 3.81. The molecule has 25 heavy (non-hydrogen) atoms. The highest BCUT2D eigenvalue weighted by Crippen LogP contribution is 2.17. The first-order chi connectivity index (χ1) is 11.9. The molecule has 0 radical (unpaired) electrons. The molecule has 2 rings (SSSR count). The zero-order chi connectivity index (χ0) is 18.4. The minimum absolute atomic E-state index is 0.113. The second-order valence-corrected chi connectivity index (χ2v) is 7.10. The van der Waals surface area contributed by atoms with Crippen molar-refractivity contribution in [2.75, 3.05) is 7.05 Å². The van der Waals surface area contributed by atoms with Gasteiger partial charge in [0.05, 0.1) is 6.42 Å². The number of halogens is 2. The quantitative estimate of drug-likeness (QED) is 0.768. The molecule has 0 aliphatic rings. The molecule has 0 aliphatic heterocycles. The zero-order valence-electron chi connectivity index (χ0n) is 14.1. The number of benzene rings is 2. The molecule has 0 aliphatic carbocycles. The number of hydrogen-bond acceptors (Lipinski definition) is 2. The molecule has 2 amide bonds. The van der Waals surface area contributed by atoms with E-state index < -0.39 is 6.04 Å². The first kappa shape index (κ1) is 19.5. The molecule has 0 unspecified atom stereocenters. The Kier molecular flexibility index (Phi) is 7.02. The summed E-state index contributed by atoms with van der Waals surface area (Å²) in [6.07, 6.45) is 0.215. The first-order valence-corrected chi connectivity index (χ1v) is 9.07. The lowest BCUT2D eigenvalue weighted by Gasteiger charge is -2.28. The number of carbonyl (C=O) groups excluding carboxylic acids is 2. The SMILES string of the molecule is CNC(=O)[C@@H](C)N(Cc1cccc(Br)c1)C(=O)Cc1ccc(Cl)cc1. The number of hydrogen-bond donors (Lipinski definition) is 1. The Morgan fingerprint density at radius 1 is 1.16 bits per heavy atom. The Labute approximate surface area is 161 Å². The van der Waals surface area contributed by atoms with Crippen molar-refractivity contribution in [2.45, 2.75) is 25.9 Å². The fourth-order valence-corrected chi connectivity index (χ4v) is 3.07. The van der Waals surface area contributed by atoms with Crippen molar-refractivity contribution in [3.63, 3.8) is 0 Å². The standard InChI is InChI=1S/C19H20BrClN2O2/c1-13(19(25)22-2)23(12-15-4-3-5-16(20)10-15)18(24)11-14-6-8-17(21)9-7-14/h3-10,13H,11-12H2,1-2H3,(H,22,25)/t13-/m1/s1. The summed E-state index contributed by atoms with van der Waals surface area (Å²) in [4.78, 5) is 26.5. The van der Waals surface area contributed by atoms with Crippen molar-refractivity contribution >= 4 is 39.3 Å². The summed E-state index contributed by atoms with van der Waals surface area (Å²) < 4.78 is 0.933. The van der Waals surface area contributed by atoms with E-state index in [0.29, 0.717) is 11.6 Å². The highest BCUT2D eigenvalue weighted by atomic mass is 79.9. The highest BCUT2D eigenvalue weighted by molar-refractivity contribution is 9.10. The molecule has 0 aromatic heterocycles. The molecule has 132 valence electrons. The number of likely N-dealkylation sites (N-methyl/N-ethyl adjacent to an activating group) is 1. The van der Waals surface area contributed by atoms with E-state index in [2.05, 4.69) is 21.2 Å². The molecule has 0 heterocycles. The summed E-state index contributed by atoms with van der Waals surface area (Å²) in [5, 5.41) is 3.23. The largest absolute Gasteiger partial charge is 0.357 e. The molecule has 0 bridgehead atoms. The molecule has 0 fully saturated rings. The molecule has 0 saturated heterocycles. The van der Waals surface area contributed by atoms with Crippen molar-refractivity contribution in [3.05, 3.63) is 69.2 Å². The van der Waals surface area contributed by atoms with Crippen LogP contribution in [0.3, 0.4) is 0 Å². The smallest absolute Gasteiger partial charge is 0.242 e. The maximum Gasteiger partial charge on any atom is 0.242 e. The normalized spacial score (nSPS) is 11.7. The van der Waals surface area contributed by atoms with Crippen molar-refractivity contribution in [1.29, 1.82) is 0 Å². The Hall–Kier alpha value is -1.85. The van der Waals surface area contributed by atoms with Crippen molar-refractivity contribution < 1.29 is 9.59 Å². The van der Waals surface area contributed by atoms with Gasteiger partial charge in [0.25, 0.3) is 0 Å². The van der Waals surface area contributed by atoms with E-state index in [9.17, 15) is 9.59 Å². The summed E-state index contributed by atoms with van der Waals surface area (Å²) in [5.74, 6) is -0.308. The van der Waals surface area contributed by atoms with E-state index in [1.165, 1.54) is 0 Å². The van der Waals surface area contributed by atoms with Gasteiger partial charge in [-0.3, -0.25) is 9.59 Å². The third kappa shape index (κ3) is 5.58. The summed E-state index contributed by atoms with van der Waals surface area (Å²) in [7, 11) is 1.57. The van der Waals surface area contributed by atoms with Crippen LogP contribution < -0.4 is 5.32 Å². The van der Waals surface area contributed by atoms with E-state index >= 15 is 0 Å². The number of nitrogens with zero attached hydrogens (tertiary/aromatic N) is 1. The van der Waals surface area contributed by atoms with Crippen molar-refractivity contribution in [3.8, 4) is 0 Å². The zero-order valence-corrected chi connectivity index (χ0v) is 16.5. The van der Waals surface area contributed by atoms with E-state index in [1.54, 1.807) is 31.0 Å². The fraction of sp³-hybridized carbons (Fsp3) is 0.263. The van der Waals surface area contributed by atoms with Crippen LogP contribution in [0.25, 0.3) is 0 Å². The Balaban J connectivity index is 2.21. The van der Waals surface area contributed by atoms with Gasteiger partial charge < -0.3 is 10.2 Å². The van der Waals surface area contributed by atoms with E-state index in [-0.39, 0.29) is 18.2 Å². The number of carbonyl (C=O) groups is 2. The second kappa shape index (κ2) is 9.02. The topological polar surface area (TPSA) is 49.4 Å². The van der Waals surface area contributed by atoms with Gasteiger partial charge in [0.2, 0.25) is 11.8 Å². The average molecular weight is 424 g/mol. The summed E-state index contributed by atoms with van der Waals surface area (Å²) >= 11 is 9.33. The van der Waals surface area contributed by atoms with Gasteiger partial charge in [0.15, 0.2) is 0 Å². The van der Waals surface area contributed by atoms with Gasteiger partial charge in [-0.05, 0) is 42.3 Å². The minimum Gasteiger partial charge on any atom is -0.357 e. The third-order valence-corrected chi connectivity index (χ3v) is 4.67. The average Bonchev–Trinajstić information content (AvgIpc) is 2.60. The van der Waals surface area contributed by atoms with E-state index in [0.717, 1.165) is 15.6 Å². The number of amides is 2. The Morgan fingerprint density at radius 3 is 2.44 bits per heavy atom. The molecule has 6 heteroatoms. The highest BCUT2D eigenvalue weighted by Gasteiger charge is 2.25. The molecule has 4 nitrogen and oxygen atoms in total. The number of nitrogens with one attached hydrogen (secondary N) is 1. The van der Waals surface area contributed by atoms with Crippen LogP contribution in [0.2, 0.25) is 5.02 Å². The van der Waals surface area contributed by atoms with Gasteiger partial charge in [-0.15, -0.1) is 0 Å². The van der Waals surface area contributed by atoms with Crippen LogP contribution in [0, 0.1) is 0 Å². The maximum atomic E-state index is 12.8. The van der Waals surface area contributed by atoms with Crippen LogP contribution >= 0.6 is 27.5 Å². The predicted molar refractivity (Wildman–Crippen MR) is 103 cm³/mol. The molecule has 2 aromatic carbocycles. The van der Waals surface area contributed by atoms with Crippen LogP contribution in [-0.2, 0) is 22.6 Å². The van der Waals surface area contributed by atoms with Gasteiger partial charge in [-0.25, -0.2) is 0 Å². The molecule has 1 N–H and O–H groups in total. The monoisotopic (exact) mass is 422 g/mol. The summed E-state index contributed by atoms with van der Waals surface area (Å²) in [5.41, 5.74) is 1.81. The minimum atomic E-state index is -0.566. The number of rotatable bonds is 6. The van der Waals surface area contributed by atoms with Crippen LogP contribution in [0.15, 0.2) is 53.0 Å². The van der Waals surface area contributed by atoms with Gasteiger partial charge in [0.1, 0.15) is 6.04 Å². The van der Waals surface area contributed by atoms with Gasteiger partial charge in [-0.1, -0.05) is 51.8 Å². The maximum absolute atomic E-state index is 12.8. The lowest BCUT2D eigenvalue weighted by Crippen LogP contribution is -2.47. The molecule has 1 atom stereocenters. The molecule has 0 spiro atoms. The summed E-state index contributed by atoms with van der Waals surface area (Å²) in [6, 6.07) is 14.3. The first-order valence-electron chi connectivity index (χ1n) is 7.90. The lowest BCUT2D eigenvalue weighted by molar-refractivity contribution is -0.139. The van der Waals surface area contributed by atoms with Gasteiger partial charge in [0, 0.05) is 23.1 Å². The van der Waals surface area contributed by atoms with Crippen LogP contribution in [-0.4, -0.2) is 29.8 Å². The molecular formula is C19H20BrClN2O2. The Bertz CT molecular complexity index is 749. The Morgan fingerprint density at radius 2 is 1.84 bits per heavy atom. The van der Waals surface area contributed by atoms with Crippen molar-refractivity contribution in [1.82, 2.24) is 10.2 Å². The molecule has 2 aromatic rings. The van der Waals surface area contributed by atoms with Gasteiger partial charge >= 0.3 is 0 Å². The lowest BCUT2D eigenvalue weighted by atomic mass is 10.1. The summed E-state index contributed by atoms with van der Waals surface area (Å²) in [6.45, 7) is 2.09. The second-order valence-electron chi connectivity index (χ2n) is 5.75. The van der Waals surface area contributed by atoms with E-state index in [4.69, 9.17) is 11.6 Å².